The van der Waals surface area contributed by atoms with Gasteiger partial charge >= 0.3 is 0 Å². The summed E-state index contributed by atoms with van der Waals surface area (Å²) in [6, 6.07) is 10.8. The maximum atomic E-state index is 4.71. The Bertz CT molecular complexity index is 827. The first-order valence-electron chi connectivity index (χ1n) is 7.76. The Labute approximate surface area is 131 Å². The average Bonchev–Trinajstić information content (AvgIpc) is 2.60. The first-order chi connectivity index (χ1) is 10.8. The molecule has 2 aromatic rings. The summed E-state index contributed by atoms with van der Waals surface area (Å²) in [5, 5.41) is 1.20. The molecule has 0 spiro atoms. The standard InChI is InChI=1S/C19H17BN2/c1-20(16-10-2-6-14-8-4-12-21-18(14)16)17-11-3-7-15-9-5-13-22-19(15)17/h2-14,18H,1H3. The van der Waals surface area contributed by atoms with Crippen molar-refractivity contribution in [3.8, 4) is 0 Å². The van der Waals surface area contributed by atoms with E-state index in [1.54, 1.807) is 0 Å². The van der Waals surface area contributed by atoms with E-state index in [4.69, 9.17) is 4.99 Å². The number of fused-ring (bicyclic) bond motifs is 2. The van der Waals surface area contributed by atoms with Gasteiger partial charge in [-0.25, -0.2) is 0 Å². The molecule has 0 saturated heterocycles. The third-order valence-corrected chi connectivity index (χ3v) is 4.62. The third kappa shape index (κ3) is 2.14. The van der Waals surface area contributed by atoms with Gasteiger partial charge in [0.1, 0.15) is 0 Å². The predicted octanol–water partition coefficient (Wildman–Crippen LogP) is 3.23. The molecule has 1 aromatic heterocycles. The highest BCUT2D eigenvalue weighted by molar-refractivity contribution is 6.80. The molecule has 0 fully saturated rings. The van der Waals surface area contributed by atoms with Gasteiger partial charge in [0.2, 0.25) is 6.71 Å². The van der Waals surface area contributed by atoms with Crippen LogP contribution < -0.4 is 5.46 Å². The van der Waals surface area contributed by atoms with Crippen LogP contribution in [-0.2, 0) is 0 Å². The van der Waals surface area contributed by atoms with E-state index in [2.05, 4.69) is 60.4 Å². The van der Waals surface area contributed by atoms with Crippen molar-refractivity contribution >= 4 is 29.3 Å². The summed E-state index contributed by atoms with van der Waals surface area (Å²) in [6.45, 7) is 2.57. The van der Waals surface area contributed by atoms with Crippen LogP contribution in [0, 0.1) is 5.92 Å². The fraction of sp³-hybridized carbons (Fsp3) is 0.158. The molecular formula is C19H17BN2. The summed E-state index contributed by atoms with van der Waals surface area (Å²) in [5.74, 6) is 0.385. The molecule has 0 radical (unpaired) electrons. The maximum Gasteiger partial charge on any atom is 0.206 e. The van der Waals surface area contributed by atoms with Crippen LogP contribution in [0.3, 0.4) is 0 Å². The summed E-state index contributed by atoms with van der Waals surface area (Å²) < 4.78 is 0. The van der Waals surface area contributed by atoms with Gasteiger partial charge < -0.3 is 0 Å². The van der Waals surface area contributed by atoms with Gasteiger partial charge in [-0.3, -0.25) is 9.98 Å². The lowest BCUT2D eigenvalue weighted by Gasteiger charge is -2.29. The van der Waals surface area contributed by atoms with Crippen LogP contribution in [-0.4, -0.2) is 24.0 Å². The molecule has 0 amide bonds. The summed E-state index contributed by atoms with van der Waals surface area (Å²) in [7, 11) is 0. The van der Waals surface area contributed by atoms with E-state index < -0.39 is 0 Å². The number of rotatable bonds is 2. The molecule has 2 aliphatic rings. The summed E-state index contributed by atoms with van der Waals surface area (Å²) in [6.07, 6.45) is 14.7. The van der Waals surface area contributed by atoms with Gasteiger partial charge in [0.15, 0.2) is 0 Å². The molecule has 3 heteroatoms. The number of dihydropyridines is 1. The SMILES string of the molecule is CB(C1=CC=CC2C=CC=NC12)c1cccc2cccnc12. The number of hydrogen-bond acceptors (Lipinski definition) is 2. The molecule has 2 atom stereocenters. The lowest BCUT2D eigenvalue weighted by Crippen LogP contribution is -2.38. The zero-order valence-corrected chi connectivity index (χ0v) is 12.6. The number of pyridine rings is 1. The number of aliphatic imine (C=N–C) groups is 1. The molecular weight excluding hydrogens is 267 g/mol. The molecule has 0 saturated carbocycles. The molecule has 0 N–H and O–H groups in total. The highest BCUT2D eigenvalue weighted by Gasteiger charge is 2.30. The summed E-state index contributed by atoms with van der Waals surface area (Å²) in [4.78, 5) is 9.31. The van der Waals surface area contributed by atoms with Gasteiger partial charge in [0.05, 0.1) is 11.6 Å². The highest BCUT2D eigenvalue weighted by Crippen LogP contribution is 2.28. The van der Waals surface area contributed by atoms with Crippen molar-refractivity contribution in [1.29, 1.82) is 0 Å². The molecule has 1 aromatic carbocycles. The third-order valence-electron chi connectivity index (χ3n) is 4.62. The highest BCUT2D eigenvalue weighted by atomic mass is 14.8. The average molecular weight is 284 g/mol. The van der Waals surface area contributed by atoms with Crippen LogP contribution in [0.5, 0.6) is 0 Å². The van der Waals surface area contributed by atoms with Crippen molar-refractivity contribution in [1.82, 2.24) is 4.98 Å². The first kappa shape index (κ1) is 13.3. The van der Waals surface area contributed by atoms with Crippen molar-refractivity contribution in [2.24, 2.45) is 10.9 Å². The van der Waals surface area contributed by atoms with Gasteiger partial charge in [0, 0.05) is 18.3 Å². The molecule has 0 bridgehead atoms. The topological polar surface area (TPSA) is 25.2 Å². The minimum absolute atomic E-state index is 0.226. The van der Waals surface area contributed by atoms with E-state index in [9.17, 15) is 0 Å². The summed E-state index contributed by atoms with van der Waals surface area (Å²) in [5.41, 5.74) is 3.74. The van der Waals surface area contributed by atoms with Gasteiger partial charge in [-0.15, -0.1) is 0 Å². The Morgan fingerprint density at radius 3 is 2.86 bits per heavy atom. The molecule has 106 valence electrons. The number of hydrogen-bond donors (Lipinski definition) is 0. The van der Waals surface area contributed by atoms with E-state index >= 15 is 0 Å². The van der Waals surface area contributed by atoms with Gasteiger partial charge in [0.25, 0.3) is 0 Å². The molecule has 22 heavy (non-hydrogen) atoms. The summed E-state index contributed by atoms with van der Waals surface area (Å²) >= 11 is 0. The van der Waals surface area contributed by atoms with E-state index in [1.807, 2.05) is 24.6 Å². The van der Waals surface area contributed by atoms with Crippen LogP contribution in [0.15, 0.2) is 77.4 Å². The largest absolute Gasteiger partial charge is 0.285 e. The Balaban J connectivity index is 1.79. The molecule has 4 rings (SSSR count). The lowest BCUT2D eigenvalue weighted by atomic mass is 9.39. The first-order valence-corrected chi connectivity index (χ1v) is 7.76. The van der Waals surface area contributed by atoms with Crippen LogP contribution in [0.4, 0.5) is 0 Å². The number of para-hydroxylation sites is 1. The molecule has 2 heterocycles. The minimum Gasteiger partial charge on any atom is -0.285 e. The normalized spacial score (nSPS) is 22.5. The maximum absolute atomic E-state index is 4.71. The van der Waals surface area contributed by atoms with E-state index in [0.717, 1.165) is 5.52 Å². The Hall–Kier alpha value is -2.42. The van der Waals surface area contributed by atoms with Gasteiger partial charge in [-0.05, 0) is 23.0 Å². The quantitative estimate of drug-likeness (QED) is 0.777. The Kier molecular flexibility index (Phi) is 3.26. The van der Waals surface area contributed by atoms with E-state index in [1.165, 1.54) is 16.3 Å². The molecule has 1 aliphatic heterocycles. The van der Waals surface area contributed by atoms with Gasteiger partial charge in [-0.2, -0.15) is 0 Å². The van der Waals surface area contributed by atoms with E-state index in [-0.39, 0.29) is 6.04 Å². The number of benzene rings is 1. The lowest BCUT2D eigenvalue weighted by molar-refractivity contribution is 0.670. The fourth-order valence-corrected chi connectivity index (χ4v) is 3.45. The van der Waals surface area contributed by atoms with Crippen LogP contribution in [0.25, 0.3) is 10.9 Å². The minimum atomic E-state index is 0.226. The zero-order chi connectivity index (χ0) is 14.9. The van der Waals surface area contributed by atoms with Crippen molar-refractivity contribution < 1.29 is 0 Å². The van der Waals surface area contributed by atoms with Gasteiger partial charge in [-0.1, -0.05) is 60.9 Å². The second-order valence-electron chi connectivity index (χ2n) is 5.90. The van der Waals surface area contributed by atoms with Crippen LogP contribution in [0.2, 0.25) is 6.82 Å². The van der Waals surface area contributed by atoms with Crippen molar-refractivity contribution in [3.63, 3.8) is 0 Å². The fourth-order valence-electron chi connectivity index (χ4n) is 3.45. The zero-order valence-electron chi connectivity index (χ0n) is 12.6. The molecule has 2 nitrogen and oxygen atoms in total. The predicted molar refractivity (Wildman–Crippen MR) is 95.1 cm³/mol. The molecule has 2 unspecified atom stereocenters. The monoisotopic (exact) mass is 284 g/mol. The van der Waals surface area contributed by atoms with E-state index in [0.29, 0.717) is 12.6 Å². The van der Waals surface area contributed by atoms with Crippen LogP contribution >= 0.6 is 0 Å². The Morgan fingerprint density at radius 1 is 1.05 bits per heavy atom. The number of aromatic nitrogens is 1. The second kappa shape index (κ2) is 5.41. The number of nitrogens with zero attached hydrogens (tertiary/aromatic N) is 2. The Morgan fingerprint density at radius 2 is 1.91 bits per heavy atom. The van der Waals surface area contributed by atoms with Crippen LogP contribution in [0.1, 0.15) is 0 Å². The molecule has 1 aliphatic carbocycles. The van der Waals surface area contributed by atoms with Crippen molar-refractivity contribution in [2.45, 2.75) is 12.9 Å². The number of allylic oxidation sites excluding steroid dienone is 3. The smallest absolute Gasteiger partial charge is 0.206 e. The van der Waals surface area contributed by atoms with Crippen molar-refractivity contribution in [2.75, 3.05) is 0 Å². The second-order valence-corrected chi connectivity index (χ2v) is 5.90. The van der Waals surface area contributed by atoms with Crippen molar-refractivity contribution in [3.05, 3.63) is 72.4 Å².